The maximum Gasteiger partial charge on any atom is 0.0719 e. The molecular weight excluding hydrogens is 699 g/mol. The van der Waals surface area contributed by atoms with Gasteiger partial charge in [-0.2, -0.15) is 0 Å². The summed E-state index contributed by atoms with van der Waals surface area (Å²) in [6, 6.07) is 74.2. The van der Waals surface area contributed by atoms with Crippen LogP contribution in [0.3, 0.4) is 0 Å². The summed E-state index contributed by atoms with van der Waals surface area (Å²) in [6.45, 7) is 4.77. The van der Waals surface area contributed by atoms with Gasteiger partial charge in [-0.25, -0.2) is 0 Å². The van der Waals surface area contributed by atoms with E-state index in [1.165, 1.54) is 89.0 Å². The van der Waals surface area contributed by atoms with E-state index in [0.717, 1.165) is 5.70 Å². The Kier molecular flexibility index (Phi) is 7.88. The standard InChI is InChI=1S/C57H43N/c1-56(2)49-27-11-13-29-51(49)57(52-30-14-12-28-50(52)56)48-26-10-9-25-46(48)47-32-31-43(35-53(47)57)41-22-15-21-40(33-41)42-23-16-24-44(34-42)55-37-45(38-17-5-3-6-18-38)36-54(58-55)39-19-7-4-8-20-39/h3-37,54,58H,1-2H3. The molecule has 0 saturated heterocycles. The largest absolute Gasteiger partial charge is 0.374 e. The van der Waals surface area contributed by atoms with Crippen molar-refractivity contribution in [2.24, 2.45) is 0 Å². The number of benzene rings is 8. The lowest BCUT2D eigenvalue weighted by molar-refractivity contribution is 0.563. The quantitative estimate of drug-likeness (QED) is 0.185. The number of fused-ring (bicyclic) bond motifs is 9. The Labute approximate surface area is 341 Å². The summed E-state index contributed by atoms with van der Waals surface area (Å²) >= 11 is 0. The average Bonchev–Trinajstić information content (AvgIpc) is 3.59. The molecule has 0 fully saturated rings. The smallest absolute Gasteiger partial charge is 0.0719 e. The van der Waals surface area contributed by atoms with Crippen molar-refractivity contribution in [1.82, 2.24) is 5.32 Å². The monoisotopic (exact) mass is 741 g/mol. The van der Waals surface area contributed by atoms with Gasteiger partial charge in [0.1, 0.15) is 0 Å². The zero-order chi connectivity index (χ0) is 38.8. The summed E-state index contributed by atoms with van der Waals surface area (Å²) in [7, 11) is 0. The van der Waals surface area contributed by atoms with Crippen LogP contribution < -0.4 is 5.32 Å². The lowest BCUT2D eigenvalue weighted by atomic mass is 9.55. The highest BCUT2D eigenvalue weighted by Crippen LogP contribution is 2.62. The molecule has 1 aliphatic heterocycles. The second kappa shape index (κ2) is 13.3. The van der Waals surface area contributed by atoms with E-state index in [-0.39, 0.29) is 11.5 Å². The highest BCUT2D eigenvalue weighted by Gasteiger charge is 2.53. The van der Waals surface area contributed by atoms with E-state index in [1.54, 1.807) is 0 Å². The molecule has 1 unspecified atom stereocenters. The third-order valence-corrected chi connectivity index (χ3v) is 13.0. The van der Waals surface area contributed by atoms with Crippen molar-refractivity contribution in [3.63, 3.8) is 0 Å². The average molecular weight is 742 g/mol. The predicted molar refractivity (Wildman–Crippen MR) is 241 cm³/mol. The summed E-state index contributed by atoms with van der Waals surface area (Å²) in [4.78, 5) is 0. The van der Waals surface area contributed by atoms with Crippen LogP contribution in [0.15, 0.2) is 212 Å². The SMILES string of the molecule is CC1(C)c2ccccc2C2(c3ccccc3-c3ccc(-c4cccc(-c5cccc(C6=CC(c7ccccc7)=CC(c7ccccc7)N6)c5)c4)cc32)c2ccccc21. The van der Waals surface area contributed by atoms with Gasteiger partial charge in [0.05, 0.1) is 11.5 Å². The lowest BCUT2D eigenvalue weighted by Crippen LogP contribution is -2.40. The minimum Gasteiger partial charge on any atom is -0.374 e. The Hall–Kier alpha value is -6.96. The van der Waals surface area contributed by atoms with Gasteiger partial charge in [0.15, 0.2) is 0 Å². The van der Waals surface area contributed by atoms with Gasteiger partial charge in [0.25, 0.3) is 0 Å². The molecule has 1 heterocycles. The highest BCUT2D eigenvalue weighted by atomic mass is 14.9. The zero-order valence-electron chi connectivity index (χ0n) is 32.8. The van der Waals surface area contributed by atoms with E-state index in [9.17, 15) is 0 Å². The van der Waals surface area contributed by atoms with Gasteiger partial charge >= 0.3 is 0 Å². The van der Waals surface area contributed by atoms with Crippen LogP contribution in [0.5, 0.6) is 0 Å². The van der Waals surface area contributed by atoms with E-state index in [0.29, 0.717) is 0 Å². The topological polar surface area (TPSA) is 12.0 Å². The van der Waals surface area contributed by atoms with Gasteiger partial charge in [0.2, 0.25) is 0 Å². The maximum atomic E-state index is 3.87. The fourth-order valence-corrected chi connectivity index (χ4v) is 10.2. The number of hydrogen-bond acceptors (Lipinski definition) is 1. The minimum atomic E-state index is -0.415. The molecule has 1 heteroatoms. The van der Waals surface area contributed by atoms with Crippen molar-refractivity contribution in [2.75, 3.05) is 0 Å². The predicted octanol–water partition coefficient (Wildman–Crippen LogP) is 13.8. The van der Waals surface area contributed by atoms with Crippen molar-refractivity contribution in [1.29, 1.82) is 0 Å². The van der Waals surface area contributed by atoms with Crippen molar-refractivity contribution in [3.05, 3.63) is 262 Å². The Bertz CT molecular complexity index is 2900. The molecule has 3 aliphatic rings. The fraction of sp³-hybridized carbons (Fsp3) is 0.0877. The molecule has 1 spiro atoms. The van der Waals surface area contributed by atoms with E-state index < -0.39 is 5.41 Å². The summed E-state index contributed by atoms with van der Waals surface area (Å²) in [5, 5.41) is 3.87. The Morgan fingerprint density at radius 2 is 0.862 bits per heavy atom. The van der Waals surface area contributed by atoms with Crippen LogP contribution in [-0.4, -0.2) is 0 Å². The number of rotatable bonds is 5. The summed E-state index contributed by atoms with van der Waals surface area (Å²) in [6.07, 6.45) is 4.64. The molecule has 58 heavy (non-hydrogen) atoms. The second-order valence-electron chi connectivity index (χ2n) is 16.5. The third-order valence-electron chi connectivity index (χ3n) is 13.0. The van der Waals surface area contributed by atoms with Crippen LogP contribution in [0.25, 0.3) is 44.7 Å². The van der Waals surface area contributed by atoms with Crippen LogP contribution in [0.4, 0.5) is 0 Å². The van der Waals surface area contributed by atoms with Gasteiger partial charge in [-0.15, -0.1) is 0 Å². The van der Waals surface area contributed by atoms with Gasteiger partial charge in [-0.05, 0) is 119 Å². The minimum absolute atomic E-state index is 0.0618. The molecule has 2 aliphatic carbocycles. The van der Waals surface area contributed by atoms with Crippen LogP contribution in [0, 0.1) is 0 Å². The number of hydrogen-bond donors (Lipinski definition) is 1. The molecule has 1 nitrogen and oxygen atoms in total. The molecular formula is C57H43N. The van der Waals surface area contributed by atoms with Crippen molar-refractivity contribution >= 4 is 11.3 Å². The van der Waals surface area contributed by atoms with Crippen molar-refractivity contribution < 1.29 is 0 Å². The molecule has 0 aromatic heterocycles. The molecule has 0 saturated carbocycles. The zero-order valence-corrected chi connectivity index (χ0v) is 32.8. The van der Waals surface area contributed by atoms with Gasteiger partial charge in [-0.1, -0.05) is 196 Å². The molecule has 11 rings (SSSR count). The van der Waals surface area contributed by atoms with Crippen LogP contribution in [0.1, 0.15) is 70.0 Å². The summed E-state index contributed by atoms with van der Waals surface area (Å²) in [5.41, 5.74) is 21.2. The Morgan fingerprint density at radius 3 is 1.52 bits per heavy atom. The van der Waals surface area contributed by atoms with E-state index in [1.807, 2.05) is 0 Å². The summed E-state index contributed by atoms with van der Waals surface area (Å²) in [5.74, 6) is 0. The molecule has 8 aromatic carbocycles. The number of nitrogens with one attached hydrogen (secondary N) is 1. The van der Waals surface area contributed by atoms with Crippen LogP contribution in [-0.2, 0) is 10.8 Å². The first kappa shape index (κ1) is 34.3. The van der Waals surface area contributed by atoms with Crippen molar-refractivity contribution in [3.8, 4) is 33.4 Å². The normalized spacial score (nSPS) is 16.6. The first-order valence-electron chi connectivity index (χ1n) is 20.5. The van der Waals surface area contributed by atoms with Crippen LogP contribution >= 0.6 is 0 Å². The summed E-state index contributed by atoms with van der Waals surface area (Å²) < 4.78 is 0. The van der Waals surface area contributed by atoms with Gasteiger partial charge in [-0.3, -0.25) is 0 Å². The molecule has 0 amide bonds. The van der Waals surface area contributed by atoms with Gasteiger partial charge in [0, 0.05) is 11.1 Å². The molecule has 0 bridgehead atoms. The molecule has 1 N–H and O–H groups in total. The lowest BCUT2D eigenvalue weighted by Gasteiger charge is -2.46. The second-order valence-corrected chi connectivity index (χ2v) is 16.5. The van der Waals surface area contributed by atoms with E-state index in [4.69, 9.17) is 0 Å². The Morgan fingerprint density at radius 1 is 0.379 bits per heavy atom. The molecule has 0 radical (unpaired) electrons. The Balaban J connectivity index is 1.02. The van der Waals surface area contributed by atoms with Gasteiger partial charge < -0.3 is 5.32 Å². The molecule has 1 atom stereocenters. The number of allylic oxidation sites excluding steroid dienone is 2. The van der Waals surface area contributed by atoms with Crippen molar-refractivity contribution in [2.45, 2.75) is 30.7 Å². The van der Waals surface area contributed by atoms with E-state index >= 15 is 0 Å². The maximum absolute atomic E-state index is 3.87. The number of dihydropyridines is 1. The highest BCUT2D eigenvalue weighted by molar-refractivity contribution is 5.91. The molecule has 276 valence electrons. The fourth-order valence-electron chi connectivity index (χ4n) is 10.2. The molecule has 8 aromatic rings. The third kappa shape index (κ3) is 5.23. The van der Waals surface area contributed by atoms with E-state index in [2.05, 4.69) is 232 Å². The first-order chi connectivity index (χ1) is 28.5. The van der Waals surface area contributed by atoms with Crippen LogP contribution in [0.2, 0.25) is 0 Å². The first-order valence-corrected chi connectivity index (χ1v) is 20.5.